The van der Waals surface area contributed by atoms with Gasteiger partial charge in [0.25, 0.3) is 0 Å². The Kier molecular flexibility index (Phi) is 34.4. The van der Waals surface area contributed by atoms with Crippen molar-refractivity contribution in [1.29, 1.82) is 0 Å². The highest BCUT2D eigenvalue weighted by Gasteiger charge is 2.07. The zero-order valence-electron chi connectivity index (χ0n) is 34.4. The second kappa shape index (κ2) is 39.2. The molecule has 330 valence electrons. The molecule has 0 aliphatic heterocycles. The average molecular weight is 826 g/mol. The second-order valence-corrected chi connectivity index (χ2v) is 12.3. The fourth-order valence-corrected chi connectivity index (χ4v) is 4.57. The fraction of sp³-hybridized carbons (Fsp3) is 0.667. The molecule has 0 amide bonds. The number of rotatable bonds is 43. The van der Waals surface area contributed by atoms with Crippen molar-refractivity contribution in [3.63, 3.8) is 0 Å². The van der Waals surface area contributed by atoms with Crippen molar-refractivity contribution in [3.05, 3.63) is 59.7 Å². The van der Waals surface area contributed by atoms with Gasteiger partial charge in [-0.15, -0.1) is 0 Å². The minimum atomic E-state index is -0.365. The Balaban J connectivity index is 1.16. The molecule has 0 fully saturated rings. The molecule has 2 aromatic carbocycles. The van der Waals surface area contributed by atoms with Gasteiger partial charge in [-0.3, -0.25) is 4.79 Å². The highest BCUT2D eigenvalue weighted by molar-refractivity contribution is 5.89. The lowest BCUT2D eigenvalue weighted by Gasteiger charge is -2.09. The predicted octanol–water partition coefficient (Wildman–Crippen LogP) is 4.13. The molecule has 2 aromatic rings. The van der Waals surface area contributed by atoms with Crippen molar-refractivity contribution in [2.24, 2.45) is 0 Å². The molecule has 16 nitrogen and oxygen atoms in total. The lowest BCUT2D eigenvalue weighted by Crippen LogP contribution is -2.16. The first-order valence-corrected chi connectivity index (χ1v) is 20.3. The van der Waals surface area contributed by atoms with Gasteiger partial charge in [-0.1, -0.05) is 13.3 Å². The highest BCUT2D eigenvalue weighted by atomic mass is 16.6. The van der Waals surface area contributed by atoms with Crippen LogP contribution >= 0.6 is 0 Å². The Bertz CT molecular complexity index is 1210. The molecule has 0 aliphatic rings. The molecule has 2 rings (SSSR count). The van der Waals surface area contributed by atoms with E-state index in [1.165, 1.54) is 0 Å². The van der Waals surface area contributed by atoms with E-state index in [9.17, 15) is 9.59 Å². The number of carbonyl (C=O) groups excluding carboxylic acids is 2. The van der Waals surface area contributed by atoms with Gasteiger partial charge < -0.3 is 66.9 Å². The molecule has 0 spiro atoms. The SMILES string of the molecule is CCCCNc1ccc(C(=O)OCCOCCOCCOCCOCCOCCOCCOCCOCCOCCOCCOCCOc2ccc(C=O)cc2)cc1. The molecule has 0 radical (unpaired) electrons. The van der Waals surface area contributed by atoms with Gasteiger partial charge in [0.05, 0.1) is 151 Å². The van der Waals surface area contributed by atoms with Gasteiger partial charge in [0.1, 0.15) is 25.2 Å². The van der Waals surface area contributed by atoms with Crippen LogP contribution in [0.4, 0.5) is 5.69 Å². The molecule has 0 heterocycles. The third-order valence-corrected chi connectivity index (χ3v) is 7.67. The largest absolute Gasteiger partial charge is 0.491 e. The molecule has 16 heteroatoms. The molecule has 0 saturated heterocycles. The second-order valence-electron chi connectivity index (χ2n) is 12.3. The summed E-state index contributed by atoms with van der Waals surface area (Å²) >= 11 is 0. The van der Waals surface area contributed by atoms with Crippen molar-refractivity contribution in [1.82, 2.24) is 0 Å². The third-order valence-electron chi connectivity index (χ3n) is 7.67. The van der Waals surface area contributed by atoms with Crippen molar-refractivity contribution < 1.29 is 71.2 Å². The summed E-state index contributed by atoms with van der Waals surface area (Å²) in [7, 11) is 0. The van der Waals surface area contributed by atoms with Crippen molar-refractivity contribution >= 4 is 17.9 Å². The summed E-state index contributed by atoms with van der Waals surface area (Å²) in [4.78, 5) is 22.8. The topological polar surface area (TPSA) is 166 Å². The molecule has 0 aliphatic carbocycles. The van der Waals surface area contributed by atoms with Crippen LogP contribution in [0.1, 0.15) is 40.5 Å². The highest BCUT2D eigenvalue weighted by Crippen LogP contribution is 2.12. The van der Waals surface area contributed by atoms with Gasteiger partial charge in [-0.25, -0.2) is 4.79 Å². The van der Waals surface area contributed by atoms with Gasteiger partial charge in [-0.05, 0) is 55.0 Å². The van der Waals surface area contributed by atoms with Crippen LogP contribution in [0.15, 0.2) is 48.5 Å². The fourth-order valence-electron chi connectivity index (χ4n) is 4.57. The molecule has 0 unspecified atom stereocenters. The number of aldehydes is 1. The number of hydrogen-bond donors (Lipinski definition) is 1. The summed E-state index contributed by atoms with van der Waals surface area (Å²) in [5, 5.41) is 3.32. The summed E-state index contributed by atoms with van der Waals surface area (Å²) in [6, 6.07) is 14.2. The smallest absolute Gasteiger partial charge is 0.338 e. The minimum absolute atomic E-state index is 0.184. The van der Waals surface area contributed by atoms with Crippen LogP contribution in [-0.4, -0.2) is 177 Å². The van der Waals surface area contributed by atoms with Gasteiger partial charge in [-0.2, -0.15) is 0 Å². The number of ether oxygens (including phenoxy) is 13. The van der Waals surface area contributed by atoms with Gasteiger partial charge >= 0.3 is 5.97 Å². The molecule has 0 saturated carbocycles. The quantitative estimate of drug-likeness (QED) is 0.0576. The monoisotopic (exact) mass is 825 g/mol. The normalized spacial score (nSPS) is 11.2. The Morgan fingerprint density at radius 2 is 0.810 bits per heavy atom. The number of nitrogens with one attached hydrogen (secondary N) is 1. The van der Waals surface area contributed by atoms with E-state index in [4.69, 9.17) is 61.6 Å². The number of anilines is 1. The summed E-state index contributed by atoms with van der Waals surface area (Å²) in [6.45, 7) is 13.9. The lowest BCUT2D eigenvalue weighted by atomic mass is 10.2. The van der Waals surface area contributed by atoms with E-state index in [-0.39, 0.29) is 12.6 Å². The van der Waals surface area contributed by atoms with Gasteiger partial charge in [0.15, 0.2) is 0 Å². The van der Waals surface area contributed by atoms with Crippen LogP contribution in [0.2, 0.25) is 0 Å². The number of esters is 1. The molecular formula is C42H67NO15. The van der Waals surface area contributed by atoms with Crippen LogP contribution in [0, 0.1) is 0 Å². The zero-order chi connectivity index (χ0) is 41.2. The molecule has 0 bridgehead atoms. The zero-order valence-corrected chi connectivity index (χ0v) is 34.4. The van der Waals surface area contributed by atoms with Crippen LogP contribution in [-0.2, 0) is 56.8 Å². The van der Waals surface area contributed by atoms with E-state index < -0.39 is 0 Å². The van der Waals surface area contributed by atoms with E-state index in [2.05, 4.69) is 12.2 Å². The van der Waals surface area contributed by atoms with Crippen LogP contribution in [0.25, 0.3) is 0 Å². The third kappa shape index (κ3) is 30.8. The Morgan fingerprint density at radius 1 is 0.466 bits per heavy atom. The summed E-state index contributed by atoms with van der Waals surface area (Å²) in [5.41, 5.74) is 2.12. The first-order valence-electron chi connectivity index (χ1n) is 20.3. The standard InChI is InChI=1S/C42H67NO15/c1-2-3-12-43-40-8-6-39(7-9-40)42(45)58-36-34-56-32-30-54-28-26-52-24-22-50-20-18-48-16-14-46-13-15-47-17-19-49-21-23-51-25-27-53-29-31-55-33-35-57-41-10-4-38(37-44)5-11-41/h4-11,37,43H,2-3,12-36H2,1H3. The molecular weight excluding hydrogens is 758 g/mol. The van der Waals surface area contributed by atoms with Gasteiger partial charge in [0, 0.05) is 17.8 Å². The number of carbonyl (C=O) groups is 2. The van der Waals surface area contributed by atoms with E-state index in [1.807, 2.05) is 12.1 Å². The van der Waals surface area contributed by atoms with Crippen LogP contribution < -0.4 is 10.1 Å². The van der Waals surface area contributed by atoms with E-state index >= 15 is 0 Å². The minimum Gasteiger partial charge on any atom is -0.491 e. The molecule has 0 atom stereocenters. The summed E-state index contributed by atoms with van der Waals surface area (Å²) in [5.74, 6) is 0.334. The number of benzene rings is 2. The van der Waals surface area contributed by atoms with Crippen molar-refractivity contribution in [2.45, 2.75) is 19.8 Å². The molecule has 0 aromatic heterocycles. The maximum absolute atomic E-state index is 12.1. The van der Waals surface area contributed by atoms with Crippen molar-refractivity contribution in [3.8, 4) is 5.75 Å². The van der Waals surface area contributed by atoms with Crippen LogP contribution in [0.3, 0.4) is 0 Å². The Hall–Kier alpha value is -3.26. The average Bonchev–Trinajstić information content (AvgIpc) is 3.25. The maximum atomic E-state index is 12.1. The molecule has 58 heavy (non-hydrogen) atoms. The molecule has 1 N–H and O–H groups in total. The Labute approximate surface area is 344 Å². The lowest BCUT2D eigenvalue weighted by molar-refractivity contribution is -0.0282. The van der Waals surface area contributed by atoms with E-state index in [0.29, 0.717) is 169 Å². The number of hydrogen-bond acceptors (Lipinski definition) is 16. The van der Waals surface area contributed by atoms with Crippen molar-refractivity contribution in [2.75, 3.05) is 170 Å². The number of unbranched alkanes of at least 4 members (excludes halogenated alkanes) is 1. The van der Waals surface area contributed by atoms with Gasteiger partial charge in [0.2, 0.25) is 0 Å². The summed E-state index contributed by atoms with van der Waals surface area (Å²) in [6.07, 6.45) is 3.03. The van der Waals surface area contributed by atoms with E-state index in [0.717, 1.165) is 31.4 Å². The van der Waals surface area contributed by atoms with E-state index in [1.54, 1.807) is 36.4 Å². The van der Waals surface area contributed by atoms with Crippen LogP contribution in [0.5, 0.6) is 5.75 Å². The predicted molar refractivity (Wildman–Crippen MR) is 216 cm³/mol. The first-order chi connectivity index (χ1) is 28.7. The summed E-state index contributed by atoms with van der Waals surface area (Å²) < 4.78 is 71.1. The maximum Gasteiger partial charge on any atom is 0.338 e. The Morgan fingerprint density at radius 3 is 1.16 bits per heavy atom. The first kappa shape index (κ1) is 50.9.